The summed E-state index contributed by atoms with van der Waals surface area (Å²) < 4.78 is 0. The van der Waals surface area contributed by atoms with Gasteiger partial charge in [-0.15, -0.1) is 0 Å². The van der Waals surface area contributed by atoms with Crippen molar-refractivity contribution in [3.05, 3.63) is 95.6 Å². The Hall–Kier alpha value is -7.55. The van der Waals surface area contributed by atoms with Crippen LogP contribution >= 0.6 is 0 Å². The van der Waals surface area contributed by atoms with Crippen LogP contribution in [0.3, 0.4) is 0 Å². The smallest absolute Gasteiger partial charge is 0.326 e. The molecule has 0 aliphatic rings. The number of benzene rings is 3. The van der Waals surface area contributed by atoms with Gasteiger partial charge in [-0.25, -0.2) is 4.79 Å². The molecule has 7 atom stereocenters. The molecule has 3 aromatic carbocycles. The number of aromatic hydroxyl groups is 2. The first-order valence-corrected chi connectivity index (χ1v) is 20.7. The van der Waals surface area contributed by atoms with E-state index in [2.05, 4.69) is 37.2 Å². The number of carboxylic acids is 1. The van der Waals surface area contributed by atoms with E-state index in [1.807, 2.05) is 0 Å². The molecule has 0 saturated carbocycles. The van der Waals surface area contributed by atoms with Crippen LogP contribution in [0, 0.1) is 5.92 Å². The zero-order chi connectivity index (χ0) is 48.2. The second-order valence-corrected chi connectivity index (χ2v) is 15.3. The van der Waals surface area contributed by atoms with Gasteiger partial charge in [-0.05, 0) is 53.8 Å². The highest BCUT2D eigenvalue weighted by Gasteiger charge is 2.33. The van der Waals surface area contributed by atoms with Gasteiger partial charge in [0.15, 0.2) is 0 Å². The quantitative estimate of drug-likeness (QED) is 0.0444. The standard InChI is InChI=1S/C44H57N9O12/c1-4-24(2)38(43(63)47-23-37(58)50-32(20-28-12-16-30(55)17-13-28)41(61)52-34(44(64)65)21-35(46)56)53-42(62)33(18-26-8-6-5-7-9-26)51-39(59)25(3)48-40(60)31(49-36(57)22-45)19-27-10-14-29(54)15-11-27/h5-17,24-25,31-34,38,54-55H,4,18-23,45H2,1-3H3,(H2,46,56)(H,47,63)(H,48,60)(H,49,57)(H,50,58)(H,51,59)(H,52,61)(H,53,62)(H,64,65)/t24-,25-,31-,32-,33-,34-,38-/m0/s1. The Morgan fingerprint density at radius 3 is 1.48 bits per heavy atom. The number of carbonyl (C=O) groups is 9. The Balaban J connectivity index is 1.76. The number of phenolic OH excluding ortho intramolecular Hbond substituents is 2. The third-order valence-electron chi connectivity index (χ3n) is 10.1. The van der Waals surface area contributed by atoms with Crippen molar-refractivity contribution < 1.29 is 58.5 Å². The molecule has 21 nitrogen and oxygen atoms in total. The van der Waals surface area contributed by atoms with Crippen molar-refractivity contribution in [1.82, 2.24) is 37.2 Å². The number of carboxylic acid groups (broad SMARTS) is 1. The molecule has 65 heavy (non-hydrogen) atoms. The van der Waals surface area contributed by atoms with Crippen LogP contribution in [-0.2, 0) is 62.4 Å². The molecule has 0 aliphatic heterocycles. The predicted molar refractivity (Wildman–Crippen MR) is 234 cm³/mol. The summed E-state index contributed by atoms with van der Waals surface area (Å²) in [5, 5.41) is 46.3. The van der Waals surface area contributed by atoms with Gasteiger partial charge in [0, 0.05) is 19.3 Å². The number of nitrogens with two attached hydrogens (primary N) is 2. The van der Waals surface area contributed by atoms with Crippen LogP contribution < -0.4 is 48.7 Å². The van der Waals surface area contributed by atoms with Crippen LogP contribution in [0.5, 0.6) is 11.5 Å². The van der Waals surface area contributed by atoms with E-state index in [0.717, 1.165) is 0 Å². The third kappa shape index (κ3) is 17.6. The lowest BCUT2D eigenvalue weighted by Gasteiger charge is -2.27. The second kappa shape index (κ2) is 25.5. The summed E-state index contributed by atoms with van der Waals surface area (Å²) in [6, 6.07) is 12.1. The van der Waals surface area contributed by atoms with Crippen LogP contribution in [0.2, 0.25) is 0 Å². The van der Waals surface area contributed by atoms with Crippen molar-refractivity contribution in [2.75, 3.05) is 13.1 Å². The Kier molecular flexibility index (Phi) is 20.3. The minimum Gasteiger partial charge on any atom is -0.508 e. The van der Waals surface area contributed by atoms with E-state index >= 15 is 0 Å². The number of rotatable bonds is 25. The molecule has 0 unspecified atom stereocenters. The van der Waals surface area contributed by atoms with E-state index in [1.54, 1.807) is 56.3 Å². The van der Waals surface area contributed by atoms with Gasteiger partial charge in [0.05, 0.1) is 19.5 Å². The average molecular weight is 904 g/mol. The monoisotopic (exact) mass is 903 g/mol. The van der Waals surface area contributed by atoms with E-state index in [9.17, 15) is 58.5 Å². The van der Waals surface area contributed by atoms with Gasteiger partial charge in [0.25, 0.3) is 0 Å². The van der Waals surface area contributed by atoms with Gasteiger partial charge < -0.3 is 64.0 Å². The highest BCUT2D eigenvalue weighted by atomic mass is 16.4. The van der Waals surface area contributed by atoms with Gasteiger partial charge in [0.2, 0.25) is 47.3 Å². The molecule has 21 heteroatoms. The van der Waals surface area contributed by atoms with Gasteiger partial charge in [-0.3, -0.25) is 38.4 Å². The van der Waals surface area contributed by atoms with Gasteiger partial charge in [-0.1, -0.05) is 74.9 Å². The SMILES string of the molecule is CC[C@H](C)[C@H](NC(=O)[C@H](Cc1ccccc1)NC(=O)[C@H](C)NC(=O)[C@H](Cc1ccc(O)cc1)NC(=O)CN)C(=O)NCC(=O)N[C@@H](Cc1ccc(O)cc1)C(=O)N[C@@H](CC(N)=O)C(=O)O. The molecule has 350 valence electrons. The zero-order valence-electron chi connectivity index (χ0n) is 36.2. The number of amides is 8. The Morgan fingerprint density at radius 1 is 0.554 bits per heavy atom. The summed E-state index contributed by atoms with van der Waals surface area (Å²) in [6.07, 6.45) is -0.597. The maximum Gasteiger partial charge on any atom is 0.326 e. The molecule has 0 saturated heterocycles. The van der Waals surface area contributed by atoms with Crippen molar-refractivity contribution in [2.24, 2.45) is 17.4 Å². The summed E-state index contributed by atoms with van der Waals surface area (Å²) >= 11 is 0. The van der Waals surface area contributed by atoms with E-state index in [0.29, 0.717) is 23.1 Å². The van der Waals surface area contributed by atoms with E-state index < -0.39 is 115 Å². The Morgan fingerprint density at radius 2 is 1.00 bits per heavy atom. The molecular formula is C44H57N9O12. The number of phenols is 2. The second-order valence-electron chi connectivity index (χ2n) is 15.3. The molecule has 0 spiro atoms. The number of carbonyl (C=O) groups excluding carboxylic acids is 8. The highest BCUT2D eigenvalue weighted by molar-refractivity contribution is 5.97. The lowest BCUT2D eigenvalue weighted by Crippen LogP contribution is -2.59. The number of hydrogen-bond acceptors (Lipinski definition) is 12. The minimum atomic E-state index is -1.71. The van der Waals surface area contributed by atoms with Crippen molar-refractivity contribution in [1.29, 1.82) is 0 Å². The fourth-order valence-corrected chi connectivity index (χ4v) is 6.29. The molecule has 8 amide bonds. The molecule has 3 rings (SSSR count). The Labute approximate surface area is 374 Å². The van der Waals surface area contributed by atoms with E-state index in [1.165, 1.54) is 43.3 Å². The molecule has 0 fully saturated rings. The molecule has 3 aromatic rings. The molecule has 0 radical (unpaired) electrons. The summed E-state index contributed by atoms with van der Waals surface area (Å²) in [4.78, 5) is 117. The van der Waals surface area contributed by atoms with Crippen LogP contribution in [0.4, 0.5) is 0 Å². The van der Waals surface area contributed by atoms with Crippen LogP contribution in [0.25, 0.3) is 0 Å². The largest absolute Gasteiger partial charge is 0.508 e. The first-order chi connectivity index (χ1) is 30.8. The fraction of sp³-hybridized carbons (Fsp3) is 0.386. The molecule has 0 aromatic heterocycles. The van der Waals surface area contributed by atoms with Crippen LogP contribution in [0.1, 0.15) is 50.3 Å². The third-order valence-corrected chi connectivity index (χ3v) is 10.1. The summed E-state index contributed by atoms with van der Waals surface area (Å²) in [5.74, 6) is -8.73. The maximum absolute atomic E-state index is 14.0. The van der Waals surface area contributed by atoms with E-state index in [-0.39, 0.29) is 30.8 Å². The number of primary amides is 1. The van der Waals surface area contributed by atoms with Crippen molar-refractivity contribution >= 4 is 53.2 Å². The molecule has 0 heterocycles. The summed E-state index contributed by atoms with van der Waals surface area (Å²) in [7, 11) is 0. The van der Waals surface area contributed by atoms with Crippen molar-refractivity contribution in [3.8, 4) is 11.5 Å². The first-order valence-electron chi connectivity index (χ1n) is 20.7. The maximum atomic E-state index is 14.0. The summed E-state index contributed by atoms with van der Waals surface area (Å²) in [6.45, 7) is 3.70. The molecule has 14 N–H and O–H groups in total. The Bertz CT molecular complexity index is 2140. The molecule has 0 aliphatic carbocycles. The van der Waals surface area contributed by atoms with Gasteiger partial charge in [0.1, 0.15) is 47.8 Å². The molecular weight excluding hydrogens is 847 g/mol. The number of hydrogen-bond donors (Lipinski definition) is 12. The van der Waals surface area contributed by atoms with Crippen molar-refractivity contribution in [2.45, 2.75) is 89.1 Å². The topological polar surface area (TPSA) is 351 Å². The fourth-order valence-electron chi connectivity index (χ4n) is 6.29. The number of nitrogens with one attached hydrogen (secondary N) is 7. The normalized spacial score (nSPS) is 14.0. The van der Waals surface area contributed by atoms with Crippen LogP contribution in [0.15, 0.2) is 78.9 Å². The zero-order valence-corrected chi connectivity index (χ0v) is 36.2. The lowest BCUT2D eigenvalue weighted by molar-refractivity contribution is -0.143. The lowest BCUT2D eigenvalue weighted by atomic mass is 9.97. The average Bonchev–Trinajstić information content (AvgIpc) is 3.27. The summed E-state index contributed by atoms with van der Waals surface area (Å²) in [5.41, 5.74) is 12.3. The van der Waals surface area contributed by atoms with Crippen molar-refractivity contribution in [3.63, 3.8) is 0 Å². The van der Waals surface area contributed by atoms with Gasteiger partial charge in [-0.2, -0.15) is 0 Å². The highest BCUT2D eigenvalue weighted by Crippen LogP contribution is 2.14. The van der Waals surface area contributed by atoms with E-state index in [4.69, 9.17) is 11.5 Å². The predicted octanol–water partition coefficient (Wildman–Crippen LogP) is -1.86. The number of aliphatic carboxylic acids is 1. The molecule has 0 bridgehead atoms. The first kappa shape index (κ1) is 51.8. The van der Waals surface area contributed by atoms with Gasteiger partial charge >= 0.3 is 5.97 Å². The minimum absolute atomic E-state index is 0.00478. The van der Waals surface area contributed by atoms with Crippen LogP contribution in [-0.4, -0.2) is 118 Å².